The van der Waals surface area contributed by atoms with Crippen molar-refractivity contribution in [3.05, 3.63) is 47.2 Å². The molecule has 5 heteroatoms. The lowest BCUT2D eigenvalue weighted by atomic mass is 10.1. The Balaban J connectivity index is 2.54. The Labute approximate surface area is 97.0 Å². The van der Waals surface area contributed by atoms with Crippen LogP contribution in [0.3, 0.4) is 0 Å². The van der Waals surface area contributed by atoms with Gasteiger partial charge in [-0.25, -0.2) is 9.69 Å². The first kappa shape index (κ1) is 11.1. The van der Waals surface area contributed by atoms with Crippen LogP contribution >= 0.6 is 0 Å². The highest BCUT2D eigenvalue weighted by Gasteiger charge is 2.34. The number of hydrogen-bond acceptors (Lipinski definition) is 3. The molecular weight excluding hydrogens is 222 g/mol. The summed E-state index contributed by atoms with van der Waals surface area (Å²) in [4.78, 5) is 35.4. The molecule has 0 aromatic heterocycles. The van der Waals surface area contributed by atoms with E-state index in [1.807, 2.05) is 0 Å². The van der Waals surface area contributed by atoms with E-state index in [1.54, 1.807) is 13.0 Å². The van der Waals surface area contributed by atoms with Crippen molar-refractivity contribution < 1.29 is 19.5 Å². The fourth-order valence-corrected chi connectivity index (χ4v) is 1.68. The van der Waals surface area contributed by atoms with Gasteiger partial charge in [-0.2, -0.15) is 0 Å². The summed E-state index contributed by atoms with van der Waals surface area (Å²) in [6, 6.07) is 3.90. The molecule has 0 unspecified atom stereocenters. The Morgan fingerprint density at radius 1 is 1.24 bits per heavy atom. The second-order valence-corrected chi connectivity index (χ2v) is 3.53. The summed E-state index contributed by atoms with van der Waals surface area (Å²) in [5.74, 6) is -2.05. The average molecular weight is 231 g/mol. The number of amides is 2. The Morgan fingerprint density at radius 2 is 1.88 bits per heavy atom. The van der Waals surface area contributed by atoms with Crippen LogP contribution in [0.4, 0.5) is 0 Å². The maximum atomic E-state index is 11.8. The first-order valence-corrected chi connectivity index (χ1v) is 4.94. The van der Waals surface area contributed by atoms with E-state index in [9.17, 15) is 14.4 Å². The number of allylic oxidation sites excluding steroid dienone is 1. The van der Waals surface area contributed by atoms with Crippen LogP contribution < -0.4 is 0 Å². The first-order valence-electron chi connectivity index (χ1n) is 4.94. The fraction of sp³-hybridized carbons (Fsp3) is 0.0833. The third-order valence-corrected chi connectivity index (χ3v) is 2.46. The number of aromatic carboxylic acids is 1. The van der Waals surface area contributed by atoms with Crippen LogP contribution in [-0.2, 0) is 0 Å². The van der Waals surface area contributed by atoms with Gasteiger partial charge in [-0.3, -0.25) is 9.59 Å². The van der Waals surface area contributed by atoms with Gasteiger partial charge in [0.05, 0.1) is 16.7 Å². The largest absolute Gasteiger partial charge is 0.478 e. The Morgan fingerprint density at radius 3 is 2.47 bits per heavy atom. The molecule has 0 aliphatic carbocycles. The van der Waals surface area contributed by atoms with Crippen LogP contribution in [0, 0.1) is 0 Å². The van der Waals surface area contributed by atoms with Gasteiger partial charge in [-0.15, -0.1) is 0 Å². The third-order valence-electron chi connectivity index (χ3n) is 2.46. The van der Waals surface area contributed by atoms with Crippen LogP contribution in [0.15, 0.2) is 30.5 Å². The van der Waals surface area contributed by atoms with Gasteiger partial charge in [-0.05, 0) is 25.1 Å². The molecular formula is C12H9NO4. The molecule has 1 heterocycles. The fourth-order valence-electron chi connectivity index (χ4n) is 1.68. The van der Waals surface area contributed by atoms with Gasteiger partial charge in [-0.1, -0.05) is 6.08 Å². The van der Waals surface area contributed by atoms with Gasteiger partial charge in [0.1, 0.15) is 0 Å². The predicted octanol–water partition coefficient (Wildman–Crippen LogP) is 1.51. The van der Waals surface area contributed by atoms with Gasteiger partial charge in [0.25, 0.3) is 11.8 Å². The minimum Gasteiger partial charge on any atom is -0.478 e. The van der Waals surface area contributed by atoms with E-state index in [2.05, 4.69) is 0 Å². The van der Waals surface area contributed by atoms with Crippen LogP contribution in [0.5, 0.6) is 0 Å². The molecule has 17 heavy (non-hydrogen) atoms. The third kappa shape index (κ3) is 1.61. The number of benzene rings is 1. The summed E-state index contributed by atoms with van der Waals surface area (Å²) in [6.45, 7) is 1.69. The Bertz CT molecular complexity index is 560. The van der Waals surface area contributed by atoms with E-state index in [0.717, 1.165) is 4.90 Å². The lowest BCUT2D eigenvalue weighted by molar-refractivity contribution is 0.0693. The maximum absolute atomic E-state index is 11.8. The van der Waals surface area contributed by atoms with E-state index in [0.29, 0.717) is 0 Å². The molecule has 1 aliphatic heterocycles. The van der Waals surface area contributed by atoms with Crippen LogP contribution in [-0.4, -0.2) is 27.8 Å². The topological polar surface area (TPSA) is 74.7 Å². The number of carbonyl (C=O) groups is 3. The lowest BCUT2D eigenvalue weighted by Crippen LogP contribution is -2.23. The monoisotopic (exact) mass is 231 g/mol. The van der Waals surface area contributed by atoms with Gasteiger partial charge >= 0.3 is 5.97 Å². The minimum atomic E-state index is -1.13. The van der Waals surface area contributed by atoms with E-state index >= 15 is 0 Å². The number of carboxylic acid groups (broad SMARTS) is 1. The van der Waals surface area contributed by atoms with Crippen molar-refractivity contribution >= 4 is 17.8 Å². The highest BCUT2D eigenvalue weighted by molar-refractivity contribution is 6.22. The van der Waals surface area contributed by atoms with Crippen molar-refractivity contribution in [1.29, 1.82) is 0 Å². The van der Waals surface area contributed by atoms with Crippen molar-refractivity contribution in [2.75, 3.05) is 0 Å². The molecule has 0 atom stereocenters. The molecule has 1 N–H and O–H groups in total. The zero-order valence-electron chi connectivity index (χ0n) is 9.01. The number of nitrogens with zero attached hydrogens (tertiary/aromatic N) is 1. The smallest absolute Gasteiger partial charge is 0.335 e. The number of carboxylic acids is 1. The SMILES string of the molecule is CC=CN1C(=O)c2ccc(C(=O)O)cc2C1=O. The molecule has 0 bridgehead atoms. The van der Waals surface area contributed by atoms with E-state index in [-0.39, 0.29) is 16.7 Å². The molecule has 2 rings (SSSR count). The summed E-state index contributed by atoms with van der Waals surface area (Å²) in [5.41, 5.74) is 0.360. The van der Waals surface area contributed by atoms with Crippen LogP contribution in [0.1, 0.15) is 38.0 Å². The quantitative estimate of drug-likeness (QED) is 0.783. The molecule has 1 aromatic carbocycles. The molecule has 0 spiro atoms. The number of hydrogen-bond donors (Lipinski definition) is 1. The van der Waals surface area contributed by atoms with Crippen molar-refractivity contribution in [3.8, 4) is 0 Å². The van der Waals surface area contributed by atoms with Crippen molar-refractivity contribution in [3.63, 3.8) is 0 Å². The number of carbonyl (C=O) groups excluding carboxylic acids is 2. The molecule has 1 aliphatic rings. The highest BCUT2D eigenvalue weighted by atomic mass is 16.4. The number of rotatable bonds is 2. The molecule has 0 saturated carbocycles. The summed E-state index contributed by atoms with van der Waals surface area (Å²) in [7, 11) is 0. The molecule has 0 fully saturated rings. The normalized spacial score (nSPS) is 14.5. The van der Waals surface area contributed by atoms with Crippen molar-refractivity contribution in [1.82, 2.24) is 4.90 Å². The maximum Gasteiger partial charge on any atom is 0.335 e. The standard InChI is InChI=1S/C12H9NO4/c1-2-5-13-10(14)8-4-3-7(12(16)17)6-9(8)11(13)15/h2-6H,1H3,(H,16,17). The summed E-state index contributed by atoms with van der Waals surface area (Å²) < 4.78 is 0. The molecule has 0 radical (unpaired) electrons. The van der Waals surface area contributed by atoms with Crippen LogP contribution in [0.25, 0.3) is 0 Å². The first-order chi connectivity index (χ1) is 8.06. The van der Waals surface area contributed by atoms with Gasteiger partial charge < -0.3 is 5.11 Å². The van der Waals surface area contributed by atoms with E-state index in [4.69, 9.17) is 5.11 Å². The second-order valence-electron chi connectivity index (χ2n) is 3.53. The second kappa shape index (κ2) is 3.86. The van der Waals surface area contributed by atoms with Crippen LogP contribution in [0.2, 0.25) is 0 Å². The van der Waals surface area contributed by atoms with Crippen molar-refractivity contribution in [2.45, 2.75) is 6.92 Å². The van der Waals surface area contributed by atoms with E-state index in [1.165, 1.54) is 24.4 Å². The van der Waals surface area contributed by atoms with E-state index < -0.39 is 17.8 Å². The van der Waals surface area contributed by atoms with Gasteiger partial charge in [0, 0.05) is 6.20 Å². The Hall–Kier alpha value is -2.43. The average Bonchev–Trinajstić information content (AvgIpc) is 2.54. The van der Waals surface area contributed by atoms with Crippen molar-refractivity contribution in [2.24, 2.45) is 0 Å². The zero-order valence-corrected chi connectivity index (χ0v) is 9.01. The molecule has 1 aromatic rings. The highest BCUT2D eigenvalue weighted by Crippen LogP contribution is 2.24. The summed E-state index contributed by atoms with van der Waals surface area (Å²) >= 11 is 0. The zero-order chi connectivity index (χ0) is 12.6. The Kier molecular flexibility index (Phi) is 2.51. The molecule has 86 valence electrons. The predicted molar refractivity (Wildman–Crippen MR) is 58.7 cm³/mol. The van der Waals surface area contributed by atoms with Gasteiger partial charge in [0.15, 0.2) is 0 Å². The molecule has 5 nitrogen and oxygen atoms in total. The summed E-state index contributed by atoms with van der Waals surface area (Å²) in [6.07, 6.45) is 2.94. The number of imide groups is 1. The molecule has 2 amide bonds. The number of fused-ring (bicyclic) bond motifs is 1. The molecule has 0 saturated heterocycles. The minimum absolute atomic E-state index is 0.00720. The lowest BCUT2D eigenvalue weighted by Gasteiger charge is -2.05. The summed E-state index contributed by atoms with van der Waals surface area (Å²) in [5, 5.41) is 8.81. The van der Waals surface area contributed by atoms with Gasteiger partial charge in [0.2, 0.25) is 0 Å².